The van der Waals surface area contributed by atoms with Crippen LogP contribution in [0.25, 0.3) is 0 Å². The summed E-state index contributed by atoms with van der Waals surface area (Å²) in [6.45, 7) is 8.65. The van der Waals surface area contributed by atoms with Crippen LogP contribution in [0.15, 0.2) is 24.3 Å². The lowest BCUT2D eigenvalue weighted by molar-refractivity contribution is 0.0507. The van der Waals surface area contributed by atoms with Crippen molar-refractivity contribution in [3.8, 4) is 6.07 Å². The number of amides is 1. The third kappa shape index (κ3) is 4.48. The Morgan fingerprint density at radius 2 is 1.88 bits per heavy atom. The van der Waals surface area contributed by atoms with Gasteiger partial charge in [0.2, 0.25) is 0 Å². The van der Waals surface area contributed by atoms with Crippen molar-refractivity contribution < 1.29 is 14.3 Å². The largest absolute Gasteiger partial charge is 0.444 e. The van der Waals surface area contributed by atoms with Crippen LogP contribution in [0, 0.1) is 11.3 Å². The van der Waals surface area contributed by atoms with Crippen molar-refractivity contribution in [2.24, 2.45) is 0 Å². The van der Waals surface area contributed by atoms with Crippen molar-refractivity contribution in [2.45, 2.75) is 57.6 Å². The molecular formula is C19H26N2O3. The van der Waals surface area contributed by atoms with Crippen LogP contribution >= 0.6 is 0 Å². The highest BCUT2D eigenvalue weighted by Gasteiger charge is 2.34. The minimum Gasteiger partial charge on any atom is -0.444 e. The fourth-order valence-corrected chi connectivity index (χ4v) is 2.84. The summed E-state index contributed by atoms with van der Waals surface area (Å²) < 4.78 is 10.7. The lowest BCUT2D eigenvalue weighted by Crippen LogP contribution is -2.34. The van der Waals surface area contributed by atoms with Crippen molar-refractivity contribution in [2.75, 3.05) is 13.2 Å². The number of nitrogens with zero attached hydrogens (tertiary/aromatic N) is 1. The van der Waals surface area contributed by atoms with Gasteiger partial charge in [0.15, 0.2) is 0 Å². The number of hydrogen-bond donors (Lipinski definition) is 1. The van der Waals surface area contributed by atoms with Gasteiger partial charge in [0, 0.05) is 13.2 Å². The van der Waals surface area contributed by atoms with Crippen molar-refractivity contribution in [3.05, 3.63) is 35.4 Å². The SMILES string of the molecule is C[C@@H](NC(=O)OC(C)(C)C)c1ccc(C2(C#N)CCOCC2)cc1. The molecule has 1 aromatic rings. The number of nitriles is 1. The topological polar surface area (TPSA) is 71.3 Å². The second kappa shape index (κ2) is 7.23. The van der Waals surface area contributed by atoms with E-state index in [1.54, 1.807) is 0 Å². The fourth-order valence-electron chi connectivity index (χ4n) is 2.84. The van der Waals surface area contributed by atoms with Gasteiger partial charge in [0.1, 0.15) is 5.60 Å². The number of hydrogen-bond acceptors (Lipinski definition) is 4. The summed E-state index contributed by atoms with van der Waals surface area (Å²) in [6, 6.07) is 10.2. The monoisotopic (exact) mass is 330 g/mol. The van der Waals surface area contributed by atoms with Crippen LogP contribution in [0.4, 0.5) is 4.79 Å². The molecule has 1 atom stereocenters. The standard InChI is InChI=1S/C19H26N2O3/c1-14(21-17(22)24-18(2,3)4)15-5-7-16(8-6-15)19(13-20)9-11-23-12-10-19/h5-8,14H,9-12H2,1-4H3,(H,21,22)/t14-/m1/s1. The Morgan fingerprint density at radius 3 is 2.38 bits per heavy atom. The van der Waals surface area contributed by atoms with E-state index < -0.39 is 17.1 Å². The summed E-state index contributed by atoms with van der Waals surface area (Å²) in [5.74, 6) is 0. The summed E-state index contributed by atoms with van der Waals surface area (Å²) in [4.78, 5) is 11.9. The molecule has 1 amide bonds. The highest BCUT2D eigenvalue weighted by atomic mass is 16.6. The van der Waals surface area contributed by atoms with Crippen LogP contribution in [0.3, 0.4) is 0 Å². The maximum Gasteiger partial charge on any atom is 0.408 e. The van der Waals surface area contributed by atoms with Gasteiger partial charge in [0.25, 0.3) is 0 Å². The number of nitrogens with one attached hydrogen (secondary N) is 1. The molecule has 5 nitrogen and oxygen atoms in total. The molecule has 0 aromatic heterocycles. The molecule has 24 heavy (non-hydrogen) atoms. The van der Waals surface area contributed by atoms with Gasteiger partial charge in [-0.25, -0.2) is 4.79 Å². The lowest BCUT2D eigenvalue weighted by atomic mass is 9.75. The quantitative estimate of drug-likeness (QED) is 0.914. The maximum absolute atomic E-state index is 11.9. The zero-order valence-corrected chi connectivity index (χ0v) is 14.9. The van der Waals surface area contributed by atoms with Crippen LogP contribution in [-0.2, 0) is 14.9 Å². The van der Waals surface area contributed by atoms with Gasteiger partial charge < -0.3 is 14.8 Å². The molecule has 2 rings (SSSR count). The maximum atomic E-state index is 11.9. The Morgan fingerprint density at radius 1 is 1.29 bits per heavy atom. The lowest BCUT2D eigenvalue weighted by Gasteiger charge is -2.31. The molecule has 1 aliphatic rings. The van der Waals surface area contributed by atoms with Crippen LogP contribution in [-0.4, -0.2) is 24.9 Å². The van der Waals surface area contributed by atoms with E-state index >= 15 is 0 Å². The smallest absolute Gasteiger partial charge is 0.408 e. The molecule has 0 spiro atoms. The number of carbonyl (C=O) groups excluding carboxylic acids is 1. The molecule has 0 radical (unpaired) electrons. The highest BCUT2D eigenvalue weighted by molar-refractivity contribution is 5.68. The van der Waals surface area contributed by atoms with E-state index in [0.29, 0.717) is 26.1 Å². The van der Waals surface area contributed by atoms with Crippen molar-refractivity contribution in [1.29, 1.82) is 5.26 Å². The molecule has 130 valence electrons. The predicted octanol–water partition coefficient (Wildman–Crippen LogP) is 3.84. The van der Waals surface area contributed by atoms with Crippen LogP contribution < -0.4 is 5.32 Å². The predicted molar refractivity (Wildman–Crippen MR) is 91.6 cm³/mol. The average Bonchev–Trinajstić information content (AvgIpc) is 2.53. The molecular weight excluding hydrogens is 304 g/mol. The van der Waals surface area contributed by atoms with E-state index in [0.717, 1.165) is 11.1 Å². The summed E-state index contributed by atoms with van der Waals surface area (Å²) in [5.41, 5.74) is 1.01. The van der Waals surface area contributed by atoms with Crippen LogP contribution in [0.5, 0.6) is 0 Å². The Kier molecular flexibility index (Phi) is 5.51. The van der Waals surface area contributed by atoms with Crippen molar-refractivity contribution in [3.63, 3.8) is 0 Å². The van der Waals surface area contributed by atoms with Crippen LogP contribution in [0.2, 0.25) is 0 Å². The molecule has 5 heteroatoms. The molecule has 1 aromatic carbocycles. The van der Waals surface area contributed by atoms with Crippen molar-refractivity contribution >= 4 is 6.09 Å². The van der Waals surface area contributed by atoms with Gasteiger partial charge in [-0.3, -0.25) is 0 Å². The fraction of sp³-hybridized carbons (Fsp3) is 0.579. The molecule has 1 heterocycles. The molecule has 0 unspecified atom stereocenters. The minimum atomic E-state index is -0.518. The molecule has 1 fully saturated rings. The van der Waals surface area contributed by atoms with Gasteiger partial charge >= 0.3 is 6.09 Å². The molecule has 1 aliphatic heterocycles. The molecule has 1 saturated heterocycles. The van der Waals surface area contributed by atoms with Gasteiger partial charge in [-0.1, -0.05) is 24.3 Å². The number of carbonyl (C=O) groups is 1. The second-order valence-corrected chi connectivity index (χ2v) is 7.30. The first-order valence-electron chi connectivity index (χ1n) is 8.35. The van der Waals surface area contributed by atoms with Crippen molar-refractivity contribution in [1.82, 2.24) is 5.32 Å². The van der Waals surface area contributed by atoms with E-state index in [2.05, 4.69) is 11.4 Å². The van der Waals surface area contributed by atoms with E-state index in [4.69, 9.17) is 9.47 Å². The van der Waals surface area contributed by atoms with Gasteiger partial charge in [-0.2, -0.15) is 5.26 Å². The Bertz CT molecular complexity index is 605. The Balaban J connectivity index is 2.06. The number of alkyl carbamates (subject to hydrolysis) is 1. The average molecular weight is 330 g/mol. The second-order valence-electron chi connectivity index (χ2n) is 7.30. The molecule has 1 N–H and O–H groups in total. The number of ether oxygens (including phenoxy) is 2. The first-order valence-corrected chi connectivity index (χ1v) is 8.35. The van der Waals surface area contributed by atoms with E-state index in [-0.39, 0.29) is 6.04 Å². The van der Waals surface area contributed by atoms with Crippen LogP contribution in [0.1, 0.15) is 57.7 Å². The first kappa shape index (κ1) is 18.3. The molecule has 0 saturated carbocycles. The summed E-state index contributed by atoms with van der Waals surface area (Å²) >= 11 is 0. The van der Waals surface area contributed by atoms with Gasteiger partial charge in [-0.05, 0) is 51.7 Å². The summed E-state index contributed by atoms with van der Waals surface area (Å²) in [7, 11) is 0. The third-order valence-electron chi connectivity index (χ3n) is 4.26. The Labute approximate surface area is 144 Å². The number of benzene rings is 1. The minimum absolute atomic E-state index is 0.165. The first-order chi connectivity index (χ1) is 11.3. The summed E-state index contributed by atoms with van der Waals surface area (Å²) in [5, 5.41) is 12.5. The zero-order chi connectivity index (χ0) is 17.8. The summed E-state index contributed by atoms with van der Waals surface area (Å²) in [6.07, 6.45) is 1.00. The Hall–Kier alpha value is -2.06. The zero-order valence-electron chi connectivity index (χ0n) is 14.9. The van der Waals surface area contributed by atoms with E-state index in [1.165, 1.54) is 0 Å². The van der Waals surface area contributed by atoms with E-state index in [1.807, 2.05) is 52.0 Å². The molecule has 0 bridgehead atoms. The normalized spacial score (nSPS) is 18.3. The van der Waals surface area contributed by atoms with Gasteiger partial charge in [0.05, 0.1) is 17.5 Å². The van der Waals surface area contributed by atoms with E-state index in [9.17, 15) is 10.1 Å². The van der Waals surface area contributed by atoms with Gasteiger partial charge in [-0.15, -0.1) is 0 Å². The third-order valence-corrected chi connectivity index (χ3v) is 4.26. The highest BCUT2D eigenvalue weighted by Crippen LogP contribution is 2.34. The molecule has 0 aliphatic carbocycles. The number of rotatable bonds is 3.